The third kappa shape index (κ3) is 3.61. The van der Waals surface area contributed by atoms with E-state index in [9.17, 15) is 14.4 Å². The molecule has 0 radical (unpaired) electrons. The summed E-state index contributed by atoms with van der Waals surface area (Å²) >= 11 is 0. The van der Waals surface area contributed by atoms with Crippen LogP contribution in [0.25, 0.3) is 10.8 Å². The number of hydrogen-bond acceptors (Lipinski definition) is 3. The molecule has 1 aliphatic rings. The molecule has 5 nitrogen and oxygen atoms in total. The fourth-order valence-electron chi connectivity index (χ4n) is 4.25. The maximum absolute atomic E-state index is 13.2. The standard InChI is InChI=1S/C26H26N2O3/c1-16(2)24(29)27(22-12-11-17(3)15-18(22)4)13-14-28-25(30)20-9-5-7-19-8-6-10-21(23(19)20)26(28)31/h5-12,15-16H,13-14H2,1-4H3. The molecular weight excluding hydrogens is 388 g/mol. The van der Waals surface area contributed by atoms with Gasteiger partial charge < -0.3 is 4.90 Å². The van der Waals surface area contributed by atoms with E-state index in [1.807, 2.05) is 70.2 Å². The van der Waals surface area contributed by atoms with Crippen LogP contribution in [0.1, 0.15) is 45.7 Å². The van der Waals surface area contributed by atoms with Crippen molar-refractivity contribution in [3.05, 3.63) is 76.9 Å². The first-order valence-corrected chi connectivity index (χ1v) is 10.6. The van der Waals surface area contributed by atoms with Gasteiger partial charge in [0.1, 0.15) is 0 Å². The van der Waals surface area contributed by atoms with Crippen molar-refractivity contribution >= 4 is 34.2 Å². The highest BCUT2D eigenvalue weighted by Crippen LogP contribution is 2.30. The van der Waals surface area contributed by atoms with Crippen LogP contribution in [0, 0.1) is 19.8 Å². The minimum atomic E-state index is -0.313. The van der Waals surface area contributed by atoms with Gasteiger partial charge in [-0.05, 0) is 43.0 Å². The number of amides is 3. The van der Waals surface area contributed by atoms with Crippen molar-refractivity contribution < 1.29 is 14.4 Å². The molecule has 1 aliphatic heterocycles. The molecule has 0 unspecified atom stereocenters. The molecular formula is C26H26N2O3. The summed E-state index contributed by atoms with van der Waals surface area (Å²) in [7, 11) is 0. The molecule has 0 N–H and O–H groups in total. The Hall–Kier alpha value is -3.47. The summed E-state index contributed by atoms with van der Waals surface area (Å²) in [5.74, 6) is -0.868. The molecule has 0 bridgehead atoms. The van der Waals surface area contributed by atoms with Crippen LogP contribution < -0.4 is 4.90 Å². The smallest absolute Gasteiger partial charge is 0.261 e. The maximum Gasteiger partial charge on any atom is 0.261 e. The van der Waals surface area contributed by atoms with Crippen LogP contribution in [0.4, 0.5) is 5.69 Å². The molecule has 5 heteroatoms. The predicted octanol–water partition coefficient (Wildman–Crippen LogP) is 4.74. The van der Waals surface area contributed by atoms with Crippen molar-refractivity contribution in [2.24, 2.45) is 5.92 Å². The SMILES string of the molecule is Cc1ccc(N(CCN2C(=O)c3cccc4cccc(c34)C2=O)C(=O)C(C)C)c(C)c1. The highest BCUT2D eigenvalue weighted by Gasteiger charge is 2.33. The molecule has 0 atom stereocenters. The Labute approximate surface area is 182 Å². The van der Waals surface area contributed by atoms with E-state index < -0.39 is 0 Å². The lowest BCUT2D eigenvalue weighted by Crippen LogP contribution is -2.46. The van der Waals surface area contributed by atoms with Gasteiger partial charge in [0.05, 0.1) is 0 Å². The van der Waals surface area contributed by atoms with Gasteiger partial charge in [-0.1, -0.05) is 55.8 Å². The van der Waals surface area contributed by atoms with Gasteiger partial charge in [-0.25, -0.2) is 0 Å². The lowest BCUT2D eigenvalue weighted by Gasteiger charge is -2.31. The van der Waals surface area contributed by atoms with E-state index in [1.165, 1.54) is 4.90 Å². The molecule has 3 aromatic rings. The van der Waals surface area contributed by atoms with E-state index in [0.717, 1.165) is 22.2 Å². The maximum atomic E-state index is 13.2. The number of benzene rings is 3. The Kier molecular flexibility index (Phi) is 5.36. The third-order valence-electron chi connectivity index (χ3n) is 5.81. The largest absolute Gasteiger partial charge is 0.310 e. The lowest BCUT2D eigenvalue weighted by atomic mass is 9.94. The molecule has 158 valence electrons. The second-order valence-corrected chi connectivity index (χ2v) is 8.41. The van der Waals surface area contributed by atoms with Crippen molar-refractivity contribution in [2.45, 2.75) is 27.7 Å². The molecule has 3 aromatic carbocycles. The first-order chi connectivity index (χ1) is 14.8. The monoisotopic (exact) mass is 414 g/mol. The normalized spacial score (nSPS) is 13.3. The van der Waals surface area contributed by atoms with Gasteiger partial charge in [0.25, 0.3) is 11.8 Å². The third-order valence-corrected chi connectivity index (χ3v) is 5.81. The van der Waals surface area contributed by atoms with Crippen LogP contribution in [0.15, 0.2) is 54.6 Å². The highest BCUT2D eigenvalue weighted by atomic mass is 16.2. The van der Waals surface area contributed by atoms with Crippen LogP contribution >= 0.6 is 0 Å². The summed E-state index contributed by atoms with van der Waals surface area (Å²) in [6, 6.07) is 16.9. The van der Waals surface area contributed by atoms with E-state index in [0.29, 0.717) is 16.5 Å². The zero-order chi connectivity index (χ0) is 22.3. The number of imide groups is 1. The van der Waals surface area contributed by atoms with Crippen molar-refractivity contribution in [3.63, 3.8) is 0 Å². The summed E-state index contributed by atoms with van der Waals surface area (Å²) in [4.78, 5) is 42.3. The quantitative estimate of drug-likeness (QED) is 0.567. The summed E-state index contributed by atoms with van der Waals surface area (Å²) < 4.78 is 0. The van der Waals surface area contributed by atoms with Crippen LogP contribution in [0.3, 0.4) is 0 Å². The number of carbonyl (C=O) groups excluding carboxylic acids is 3. The Morgan fingerprint density at radius 3 is 2.10 bits per heavy atom. The minimum Gasteiger partial charge on any atom is -0.310 e. The molecule has 3 amide bonds. The fourth-order valence-corrected chi connectivity index (χ4v) is 4.25. The zero-order valence-corrected chi connectivity index (χ0v) is 18.3. The van der Waals surface area contributed by atoms with Crippen LogP contribution in [0.2, 0.25) is 0 Å². The van der Waals surface area contributed by atoms with Gasteiger partial charge in [0.2, 0.25) is 5.91 Å². The average molecular weight is 415 g/mol. The number of aryl methyl sites for hydroxylation is 2. The highest BCUT2D eigenvalue weighted by molar-refractivity contribution is 6.25. The molecule has 0 fully saturated rings. The second kappa shape index (κ2) is 7.99. The zero-order valence-electron chi connectivity index (χ0n) is 18.3. The van der Waals surface area contributed by atoms with Crippen molar-refractivity contribution in [2.75, 3.05) is 18.0 Å². The summed E-state index contributed by atoms with van der Waals surface area (Å²) in [5.41, 5.74) is 3.97. The number of anilines is 1. The van der Waals surface area contributed by atoms with E-state index in [1.54, 1.807) is 17.0 Å². The molecule has 0 spiro atoms. The van der Waals surface area contributed by atoms with Crippen molar-refractivity contribution in [3.8, 4) is 0 Å². The van der Waals surface area contributed by atoms with Gasteiger partial charge in [-0.2, -0.15) is 0 Å². The Bertz CT molecular complexity index is 1160. The van der Waals surface area contributed by atoms with Crippen LogP contribution in [0.5, 0.6) is 0 Å². The van der Waals surface area contributed by atoms with E-state index >= 15 is 0 Å². The lowest BCUT2D eigenvalue weighted by molar-refractivity contribution is -0.121. The number of carbonyl (C=O) groups is 3. The first-order valence-electron chi connectivity index (χ1n) is 10.6. The van der Waals surface area contributed by atoms with Gasteiger partial charge in [0, 0.05) is 41.2 Å². The number of nitrogens with zero attached hydrogens (tertiary/aromatic N) is 2. The van der Waals surface area contributed by atoms with Crippen molar-refractivity contribution in [1.29, 1.82) is 0 Å². The summed E-state index contributed by atoms with van der Waals surface area (Å²) in [6.07, 6.45) is 0. The molecule has 31 heavy (non-hydrogen) atoms. The van der Waals surface area contributed by atoms with Crippen LogP contribution in [-0.2, 0) is 4.79 Å². The molecule has 0 aromatic heterocycles. The number of rotatable bonds is 5. The molecule has 4 rings (SSSR count). The molecule has 0 aliphatic carbocycles. The van der Waals surface area contributed by atoms with E-state index in [-0.39, 0.29) is 36.7 Å². The summed E-state index contributed by atoms with van der Waals surface area (Å²) in [5, 5.41) is 1.59. The topological polar surface area (TPSA) is 57.7 Å². The average Bonchev–Trinajstić information content (AvgIpc) is 2.74. The van der Waals surface area contributed by atoms with E-state index in [4.69, 9.17) is 0 Å². The number of hydrogen-bond donors (Lipinski definition) is 0. The molecule has 0 saturated heterocycles. The Morgan fingerprint density at radius 1 is 0.935 bits per heavy atom. The molecule has 0 saturated carbocycles. The van der Waals surface area contributed by atoms with Gasteiger partial charge in [-0.3, -0.25) is 19.3 Å². The first kappa shape index (κ1) is 20.8. The molecule has 1 heterocycles. The van der Waals surface area contributed by atoms with E-state index in [2.05, 4.69) is 0 Å². The predicted molar refractivity (Wildman–Crippen MR) is 122 cm³/mol. The van der Waals surface area contributed by atoms with Crippen molar-refractivity contribution in [1.82, 2.24) is 4.90 Å². The Balaban J connectivity index is 1.67. The van der Waals surface area contributed by atoms with Gasteiger partial charge in [0.15, 0.2) is 0 Å². The fraction of sp³-hybridized carbons (Fsp3) is 0.269. The second-order valence-electron chi connectivity index (χ2n) is 8.41. The van der Waals surface area contributed by atoms with Gasteiger partial charge >= 0.3 is 0 Å². The Morgan fingerprint density at radius 2 is 1.55 bits per heavy atom. The van der Waals surface area contributed by atoms with Crippen LogP contribution in [-0.4, -0.2) is 35.7 Å². The van der Waals surface area contributed by atoms with Gasteiger partial charge in [-0.15, -0.1) is 0 Å². The summed E-state index contributed by atoms with van der Waals surface area (Å²) in [6.45, 7) is 8.07. The minimum absolute atomic E-state index is 0.0358.